The zero-order chi connectivity index (χ0) is 12.1. The maximum Gasteiger partial charge on any atom is 0.187 e. The average Bonchev–Trinajstić information content (AvgIpc) is 2.80. The van der Waals surface area contributed by atoms with E-state index in [1.165, 1.54) is 5.39 Å². The lowest BCUT2D eigenvalue weighted by Crippen LogP contribution is -1.94. The monoisotopic (exact) mass is 230 g/mol. The second kappa shape index (κ2) is 3.30. The van der Waals surface area contributed by atoms with Gasteiger partial charge >= 0.3 is 0 Å². The molecule has 0 spiro atoms. The zero-order valence-corrected chi connectivity index (χ0v) is 9.68. The van der Waals surface area contributed by atoms with E-state index in [0.717, 1.165) is 27.3 Å². The van der Waals surface area contributed by atoms with Crippen LogP contribution in [0.4, 0.5) is 0 Å². The predicted molar refractivity (Wildman–Crippen MR) is 74.8 cm³/mol. The van der Waals surface area contributed by atoms with Crippen LogP contribution in [0.3, 0.4) is 0 Å². The summed E-state index contributed by atoms with van der Waals surface area (Å²) in [6.45, 7) is 0. The third kappa shape index (κ3) is 1.13. The van der Waals surface area contributed by atoms with E-state index in [-0.39, 0.29) is 5.78 Å². The molecular formula is C17H10O. The molecule has 0 heterocycles. The van der Waals surface area contributed by atoms with Crippen LogP contribution in [-0.2, 0) is 0 Å². The van der Waals surface area contributed by atoms with E-state index in [1.54, 1.807) is 6.08 Å². The summed E-state index contributed by atoms with van der Waals surface area (Å²) in [5.41, 5.74) is 1.88. The lowest BCUT2D eigenvalue weighted by Gasteiger charge is -2.08. The molecule has 1 heteroatoms. The van der Waals surface area contributed by atoms with Gasteiger partial charge in [0.25, 0.3) is 0 Å². The second-order valence-electron chi connectivity index (χ2n) is 4.61. The summed E-state index contributed by atoms with van der Waals surface area (Å²) < 4.78 is 0. The lowest BCUT2D eigenvalue weighted by molar-refractivity contribution is 0.105. The molecule has 0 radical (unpaired) electrons. The molecule has 0 aliphatic heterocycles. The van der Waals surface area contributed by atoms with Crippen molar-refractivity contribution >= 4 is 33.4 Å². The lowest BCUT2D eigenvalue weighted by atomic mass is 9.95. The summed E-state index contributed by atoms with van der Waals surface area (Å²) >= 11 is 0. The van der Waals surface area contributed by atoms with E-state index in [1.807, 2.05) is 24.3 Å². The molecule has 3 aromatic rings. The number of carbonyl (C=O) groups excluding carboxylic acids is 1. The number of benzene rings is 3. The van der Waals surface area contributed by atoms with Gasteiger partial charge in [-0.05, 0) is 27.8 Å². The van der Waals surface area contributed by atoms with Crippen molar-refractivity contribution in [2.45, 2.75) is 0 Å². The van der Waals surface area contributed by atoms with Crippen LogP contribution in [-0.4, -0.2) is 5.78 Å². The van der Waals surface area contributed by atoms with Gasteiger partial charge in [-0.15, -0.1) is 0 Å². The highest BCUT2D eigenvalue weighted by Crippen LogP contribution is 2.33. The molecule has 1 nitrogen and oxygen atoms in total. The van der Waals surface area contributed by atoms with Crippen LogP contribution in [0.5, 0.6) is 0 Å². The van der Waals surface area contributed by atoms with Crippen LogP contribution in [0.2, 0.25) is 0 Å². The smallest absolute Gasteiger partial charge is 0.187 e. The fourth-order valence-corrected chi connectivity index (χ4v) is 2.77. The maximum absolute atomic E-state index is 12.0. The SMILES string of the molecule is O=C1C=Cc2ccc3ccc4ccccc4c3c21. The molecule has 0 unspecified atom stereocenters. The van der Waals surface area contributed by atoms with Crippen LogP contribution in [0, 0.1) is 0 Å². The largest absolute Gasteiger partial charge is 0.289 e. The zero-order valence-electron chi connectivity index (χ0n) is 9.68. The van der Waals surface area contributed by atoms with Crippen molar-refractivity contribution in [3.05, 3.63) is 65.7 Å². The van der Waals surface area contributed by atoms with Crippen molar-refractivity contribution in [3.63, 3.8) is 0 Å². The summed E-state index contributed by atoms with van der Waals surface area (Å²) in [6.07, 6.45) is 3.56. The number of allylic oxidation sites excluding steroid dienone is 1. The fraction of sp³-hybridized carbons (Fsp3) is 0. The van der Waals surface area contributed by atoms with Crippen LogP contribution in [0.25, 0.3) is 27.6 Å². The number of ketones is 1. The molecule has 0 atom stereocenters. The highest BCUT2D eigenvalue weighted by molar-refractivity contribution is 6.25. The highest BCUT2D eigenvalue weighted by atomic mass is 16.1. The quantitative estimate of drug-likeness (QED) is 0.529. The van der Waals surface area contributed by atoms with E-state index >= 15 is 0 Å². The molecule has 1 aliphatic carbocycles. The molecule has 18 heavy (non-hydrogen) atoms. The Labute approximate surface area is 104 Å². The standard InChI is InChI=1S/C17H10O/c18-15-10-9-13-8-7-12-6-5-11-3-1-2-4-14(11)16(12)17(13)15/h1-10H. The number of fused-ring (bicyclic) bond motifs is 5. The van der Waals surface area contributed by atoms with Crippen LogP contribution in [0.15, 0.2) is 54.6 Å². The number of hydrogen-bond donors (Lipinski definition) is 0. The average molecular weight is 230 g/mol. The Kier molecular flexibility index (Phi) is 1.76. The Hall–Kier alpha value is -2.41. The van der Waals surface area contributed by atoms with Gasteiger partial charge in [0.15, 0.2) is 5.78 Å². The van der Waals surface area contributed by atoms with Gasteiger partial charge in [-0.1, -0.05) is 54.6 Å². The van der Waals surface area contributed by atoms with Crippen molar-refractivity contribution in [2.75, 3.05) is 0 Å². The first-order valence-corrected chi connectivity index (χ1v) is 6.01. The van der Waals surface area contributed by atoms with Crippen molar-refractivity contribution in [2.24, 2.45) is 0 Å². The van der Waals surface area contributed by atoms with Crippen LogP contribution in [0.1, 0.15) is 15.9 Å². The topological polar surface area (TPSA) is 17.1 Å². The Morgan fingerprint density at radius 2 is 1.50 bits per heavy atom. The van der Waals surface area contributed by atoms with E-state index in [2.05, 4.69) is 30.3 Å². The van der Waals surface area contributed by atoms with E-state index in [4.69, 9.17) is 0 Å². The molecule has 0 amide bonds. The highest BCUT2D eigenvalue weighted by Gasteiger charge is 2.18. The van der Waals surface area contributed by atoms with Gasteiger partial charge in [0.1, 0.15) is 0 Å². The fourth-order valence-electron chi connectivity index (χ4n) is 2.77. The minimum atomic E-state index is 0.118. The van der Waals surface area contributed by atoms with Gasteiger partial charge < -0.3 is 0 Å². The molecule has 4 rings (SSSR count). The molecule has 0 aromatic heterocycles. The Balaban J connectivity index is 2.31. The Morgan fingerprint density at radius 3 is 2.44 bits per heavy atom. The second-order valence-corrected chi connectivity index (χ2v) is 4.61. The van der Waals surface area contributed by atoms with E-state index < -0.39 is 0 Å². The molecule has 0 fully saturated rings. The molecule has 1 aliphatic rings. The maximum atomic E-state index is 12.0. The first-order chi connectivity index (χ1) is 8.84. The van der Waals surface area contributed by atoms with Gasteiger partial charge in [-0.2, -0.15) is 0 Å². The summed E-state index contributed by atoms with van der Waals surface area (Å²) in [4.78, 5) is 12.0. The first kappa shape index (κ1) is 9.60. The molecule has 84 valence electrons. The third-order valence-electron chi connectivity index (χ3n) is 3.60. The summed E-state index contributed by atoms with van der Waals surface area (Å²) in [6, 6.07) is 16.5. The minimum absolute atomic E-state index is 0.118. The summed E-state index contributed by atoms with van der Waals surface area (Å²) in [5.74, 6) is 0.118. The van der Waals surface area contributed by atoms with Gasteiger partial charge in [-0.3, -0.25) is 4.79 Å². The minimum Gasteiger partial charge on any atom is -0.289 e. The number of rotatable bonds is 0. The Morgan fingerprint density at radius 1 is 0.722 bits per heavy atom. The van der Waals surface area contributed by atoms with Crippen LogP contribution >= 0.6 is 0 Å². The predicted octanol–water partition coefficient (Wildman–Crippen LogP) is 4.20. The molecule has 0 bridgehead atoms. The molecule has 0 saturated heterocycles. The third-order valence-corrected chi connectivity index (χ3v) is 3.60. The normalized spacial score (nSPS) is 13.4. The van der Waals surface area contributed by atoms with Crippen molar-refractivity contribution < 1.29 is 4.79 Å². The Bertz CT molecular complexity index is 841. The molecular weight excluding hydrogens is 220 g/mol. The van der Waals surface area contributed by atoms with Crippen molar-refractivity contribution in [1.29, 1.82) is 0 Å². The van der Waals surface area contributed by atoms with Crippen molar-refractivity contribution in [3.8, 4) is 0 Å². The molecule has 0 N–H and O–H groups in total. The van der Waals surface area contributed by atoms with Gasteiger partial charge in [0.05, 0.1) is 0 Å². The van der Waals surface area contributed by atoms with Crippen LogP contribution < -0.4 is 0 Å². The first-order valence-electron chi connectivity index (χ1n) is 6.01. The van der Waals surface area contributed by atoms with Gasteiger partial charge in [-0.25, -0.2) is 0 Å². The van der Waals surface area contributed by atoms with E-state index in [9.17, 15) is 4.79 Å². The summed E-state index contributed by atoms with van der Waals surface area (Å²) in [5, 5.41) is 4.55. The van der Waals surface area contributed by atoms with Gasteiger partial charge in [0, 0.05) is 10.9 Å². The number of carbonyl (C=O) groups is 1. The summed E-state index contributed by atoms with van der Waals surface area (Å²) in [7, 11) is 0. The number of hydrogen-bond acceptors (Lipinski definition) is 1. The molecule has 3 aromatic carbocycles. The van der Waals surface area contributed by atoms with Crippen molar-refractivity contribution in [1.82, 2.24) is 0 Å². The molecule has 0 saturated carbocycles. The van der Waals surface area contributed by atoms with E-state index in [0.29, 0.717) is 0 Å². The van der Waals surface area contributed by atoms with Gasteiger partial charge in [0.2, 0.25) is 0 Å².